The van der Waals surface area contributed by atoms with Crippen molar-refractivity contribution >= 4 is 23.1 Å². The number of benzene rings is 2. The van der Waals surface area contributed by atoms with Gasteiger partial charge in [0, 0.05) is 24.0 Å². The predicted molar refractivity (Wildman–Crippen MR) is 100 cm³/mol. The lowest BCUT2D eigenvalue weighted by Gasteiger charge is -2.20. The number of carbonyl (C=O) groups excluding carboxylic acids is 1. The van der Waals surface area contributed by atoms with Crippen LogP contribution in [0.1, 0.15) is 23.0 Å². The van der Waals surface area contributed by atoms with Gasteiger partial charge in [0.25, 0.3) is 5.91 Å². The van der Waals surface area contributed by atoms with Crippen LogP contribution in [0.25, 0.3) is 0 Å². The fourth-order valence-corrected chi connectivity index (χ4v) is 2.55. The Labute approximate surface area is 151 Å². The molecule has 0 saturated heterocycles. The SMILES string of the molecule is CCN(C(=O)c1cc(Nc2cccc(C#N)c2)ncn1)c1ccccc1. The normalized spacial score (nSPS) is 10.0. The second-order valence-electron chi connectivity index (χ2n) is 5.49. The van der Waals surface area contributed by atoms with Gasteiger partial charge in [0.1, 0.15) is 17.8 Å². The van der Waals surface area contributed by atoms with E-state index in [4.69, 9.17) is 5.26 Å². The quantitative estimate of drug-likeness (QED) is 0.763. The number of nitrogens with zero attached hydrogens (tertiary/aromatic N) is 4. The largest absolute Gasteiger partial charge is 0.340 e. The van der Waals surface area contributed by atoms with Gasteiger partial charge in [-0.05, 0) is 37.3 Å². The fraction of sp³-hybridized carbons (Fsp3) is 0.100. The van der Waals surface area contributed by atoms with Crippen molar-refractivity contribution in [2.24, 2.45) is 0 Å². The summed E-state index contributed by atoms with van der Waals surface area (Å²) < 4.78 is 0. The molecule has 1 N–H and O–H groups in total. The minimum absolute atomic E-state index is 0.199. The summed E-state index contributed by atoms with van der Waals surface area (Å²) in [4.78, 5) is 22.8. The van der Waals surface area contributed by atoms with Crippen molar-refractivity contribution in [3.63, 3.8) is 0 Å². The van der Waals surface area contributed by atoms with Gasteiger partial charge >= 0.3 is 0 Å². The van der Waals surface area contributed by atoms with Crippen LogP contribution in [0.5, 0.6) is 0 Å². The van der Waals surface area contributed by atoms with E-state index in [0.29, 0.717) is 23.6 Å². The summed E-state index contributed by atoms with van der Waals surface area (Å²) in [5.74, 6) is 0.289. The smallest absolute Gasteiger partial charge is 0.277 e. The zero-order valence-corrected chi connectivity index (χ0v) is 14.3. The van der Waals surface area contributed by atoms with E-state index in [-0.39, 0.29) is 5.91 Å². The molecule has 2 aromatic carbocycles. The number of hydrogen-bond donors (Lipinski definition) is 1. The highest BCUT2D eigenvalue weighted by Gasteiger charge is 2.18. The summed E-state index contributed by atoms with van der Waals surface area (Å²) in [5, 5.41) is 12.1. The molecule has 1 aromatic heterocycles. The second-order valence-corrected chi connectivity index (χ2v) is 5.49. The molecule has 0 saturated carbocycles. The predicted octanol–water partition coefficient (Wildman–Crippen LogP) is 3.76. The van der Waals surface area contributed by atoms with Gasteiger partial charge in [-0.1, -0.05) is 24.3 Å². The van der Waals surface area contributed by atoms with Gasteiger partial charge in [-0.2, -0.15) is 5.26 Å². The third-order valence-electron chi connectivity index (χ3n) is 3.78. The van der Waals surface area contributed by atoms with Crippen molar-refractivity contribution < 1.29 is 4.79 Å². The Kier molecular flexibility index (Phi) is 5.20. The number of amides is 1. The Hall–Kier alpha value is -3.72. The molecule has 0 aliphatic heterocycles. The molecule has 3 aromatic rings. The number of anilines is 3. The molecule has 0 bridgehead atoms. The number of aromatic nitrogens is 2. The van der Waals surface area contributed by atoms with Crippen LogP contribution in [0.4, 0.5) is 17.2 Å². The van der Waals surface area contributed by atoms with Gasteiger partial charge in [0.2, 0.25) is 0 Å². The van der Waals surface area contributed by atoms with Crippen LogP contribution in [0.15, 0.2) is 67.0 Å². The molecular weight excluding hydrogens is 326 g/mol. The van der Waals surface area contributed by atoms with E-state index < -0.39 is 0 Å². The molecule has 1 heterocycles. The molecule has 6 nitrogen and oxygen atoms in total. The number of nitrogens with one attached hydrogen (secondary N) is 1. The van der Waals surface area contributed by atoms with Crippen LogP contribution in [-0.2, 0) is 0 Å². The van der Waals surface area contributed by atoms with Gasteiger partial charge in [0.05, 0.1) is 11.6 Å². The summed E-state index contributed by atoms with van der Waals surface area (Å²) >= 11 is 0. The first-order chi connectivity index (χ1) is 12.7. The first-order valence-electron chi connectivity index (χ1n) is 8.17. The Morgan fingerprint density at radius 3 is 2.65 bits per heavy atom. The molecule has 0 fully saturated rings. The maximum absolute atomic E-state index is 12.8. The third kappa shape index (κ3) is 3.84. The molecule has 1 amide bonds. The zero-order valence-electron chi connectivity index (χ0n) is 14.3. The van der Waals surface area contributed by atoms with Crippen LogP contribution < -0.4 is 10.2 Å². The molecule has 26 heavy (non-hydrogen) atoms. The van der Waals surface area contributed by atoms with E-state index in [1.807, 2.05) is 43.3 Å². The maximum Gasteiger partial charge on any atom is 0.277 e. The molecule has 3 rings (SSSR count). The number of nitriles is 1. The average molecular weight is 343 g/mol. The highest BCUT2D eigenvalue weighted by atomic mass is 16.2. The van der Waals surface area contributed by atoms with E-state index in [9.17, 15) is 4.79 Å². The summed E-state index contributed by atoms with van der Waals surface area (Å²) in [5.41, 5.74) is 2.37. The molecule has 0 spiro atoms. The van der Waals surface area contributed by atoms with E-state index in [1.165, 1.54) is 6.33 Å². The van der Waals surface area contributed by atoms with Gasteiger partial charge in [0.15, 0.2) is 0 Å². The Morgan fingerprint density at radius 2 is 1.92 bits per heavy atom. The second kappa shape index (κ2) is 7.90. The van der Waals surface area contributed by atoms with Crippen molar-refractivity contribution in [2.45, 2.75) is 6.92 Å². The van der Waals surface area contributed by atoms with Crippen molar-refractivity contribution in [1.82, 2.24) is 9.97 Å². The standard InChI is InChI=1S/C20H17N5O/c1-2-25(17-9-4-3-5-10-17)20(26)18-12-19(23-14-22-18)24-16-8-6-7-15(11-16)13-21/h3-12,14H,2H2,1H3,(H,22,23,24). The molecule has 0 aliphatic rings. The van der Waals surface area contributed by atoms with Gasteiger partial charge in [-0.15, -0.1) is 0 Å². The lowest BCUT2D eigenvalue weighted by molar-refractivity contribution is 0.0983. The number of hydrogen-bond acceptors (Lipinski definition) is 5. The summed E-state index contributed by atoms with van der Waals surface area (Å²) in [6.07, 6.45) is 1.35. The summed E-state index contributed by atoms with van der Waals surface area (Å²) in [6, 6.07) is 20.2. The van der Waals surface area contributed by atoms with Gasteiger partial charge in [-0.3, -0.25) is 4.79 Å². The van der Waals surface area contributed by atoms with Crippen LogP contribution >= 0.6 is 0 Å². The maximum atomic E-state index is 12.8. The summed E-state index contributed by atoms with van der Waals surface area (Å²) in [7, 11) is 0. The molecular formula is C20H17N5O. The molecule has 0 unspecified atom stereocenters. The third-order valence-corrected chi connectivity index (χ3v) is 3.78. The Morgan fingerprint density at radius 1 is 1.12 bits per heavy atom. The molecule has 6 heteroatoms. The lowest BCUT2D eigenvalue weighted by Crippen LogP contribution is -2.31. The monoisotopic (exact) mass is 343 g/mol. The van der Waals surface area contributed by atoms with Crippen molar-refractivity contribution in [1.29, 1.82) is 5.26 Å². The van der Waals surface area contributed by atoms with Crippen molar-refractivity contribution in [2.75, 3.05) is 16.8 Å². The minimum atomic E-state index is -0.199. The van der Waals surface area contributed by atoms with Crippen LogP contribution in [-0.4, -0.2) is 22.4 Å². The van der Waals surface area contributed by atoms with Crippen molar-refractivity contribution in [3.05, 3.63) is 78.2 Å². The van der Waals surface area contributed by atoms with Gasteiger partial charge < -0.3 is 10.2 Å². The molecule has 0 radical (unpaired) electrons. The topological polar surface area (TPSA) is 81.9 Å². The van der Waals surface area contributed by atoms with Crippen molar-refractivity contribution in [3.8, 4) is 6.07 Å². The first kappa shape index (κ1) is 17.1. The molecule has 0 aliphatic carbocycles. The fourth-order valence-electron chi connectivity index (χ4n) is 2.55. The first-order valence-corrected chi connectivity index (χ1v) is 8.17. The lowest BCUT2D eigenvalue weighted by atomic mass is 10.2. The Balaban J connectivity index is 1.84. The number of carbonyl (C=O) groups is 1. The highest BCUT2D eigenvalue weighted by molar-refractivity contribution is 6.05. The zero-order chi connectivity index (χ0) is 18.4. The molecule has 0 atom stereocenters. The van der Waals surface area contributed by atoms with E-state index in [1.54, 1.807) is 29.2 Å². The Bertz CT molecular complexity index is 950. The van der Waals surface area contributed by atoms with Crippen LogP contribution in [0, 0.1) is 11.3 Å². The minimum Gasteiger partial charge on any atom is -0.340 e. The summed E-state index contributed by atoms with van der Waals surface area (Å²) in [6.45, 7) is 2.44. The van der Waals surface area contributed by atoms with Gasteiger partial charge in [-0.25, -0.2) is 9.97 Å². The highest BCUT2D eigenvalue weighted by Crippen LogP contribution is 2.19. The number of para-hydroxylation sites is 1. The van der Waals surface area contributed by atoms with E-state index in [0.717, 1.165) is 11.4 Å². The number of rotatable bonds is 5. The van der Waals surface area contributed by atoms with E-state index >= 15 is 0 Å². The van der Waals surface area contributed by atoms with Crippen LogP contribution in [0.3, 0.4) is 0 Å². The molecule has 128 valence electrons. The average Bonchev–Trinajstić information content (AvgIpc) is 2.69. The van der Waals surface area contributed by atoms with E-state index in [2.05, 4.69) is 21.4 Å². The van der Waals surface area contributed by atoms with Crippen LogP contribution in [0.2, 0.25) is 0 Å².